The fourth-order valence-electron chi connectivity index (χ4n) is 3.06. The van der Waals surface area contributed by atoms with Crippen LogP contribution in [0.1, 0.15) is 32.3 Å². The molecule has 4 nitrogen and oxygen atoms in total. The first-order chi connectivity index (χ1) is 10.7. The van der Waals surface area contributed by atoms with E-state index >= 15 is 0 Å². The highest BCUT2D eigenvalue weighted by atomic mass is 35.5. The number of alkyl halides is 1. The summed E-state index contributed by atoms with van der Waals surface area (Å²) in [5, 5.41) is 0.665. The Morgan fingerprint density at radius 3 is 2.52 bits per heavy atom. The van der Waals surface area contributed by atoms with Gasteiger partial charge in [-0.05, 0) is 29.5 Å². The summed E-state index contributed by atoms with van der Waals surface area (Å²) in [6, 6.07) is 6.64. The lowest BCUT2D eigenvalue weighted by Gasteiger charge is -2.29. The Labute approximate surface area is 140 Å². The van der Waals surface area contributed by atoms with Crippen molar-refractivity contribution in [1.82, 2.24) is 4.90 Å². The number of hydrogen-bond acceptors (Lipinski definition) is 2. The number of carbonyl (C=O) groups is 2. The van der Waals surface area contributed by atoms with Crippen molar-refractivity contribution in [1.29, 1.82) is 0 Å². The van der Waals surface area contributed by atoms with Crippen molar-refractivity contribution in [2.24, 2.45) is 11.1 Å². The molecule has 1 heterocycles. The number of hydrogen-bond donors (Lipinski definition) is 1. The molecule has 0 bridgehead atoms. The van der Waals surface area contributed by atoms with E-state index in [1.165, 1.54) is 4.90 Å². The van der Waals surface area contributed by atoms with Crippen LogP contribution in [0.15, 0.2) is 24.3 Å². The van der Waals surface area contributed by atoms with Gasteiger partial charge in [-0.25, -0.2) is 4.39 Å². The molecule has 126 valence electrons. The van der Waals surface area contributed by atoms with E-state index in [1.807, 2.05) is 38.1 Å². The zero-order valence-corrected chi connectivity index (χ0v) is 14.1. The second-order valence-electron chi connectivity index (χ2n) is 6.94. The van der Waals surface area contributed by atoms with Gasteiger partial charge in [0.15, 0.2) is 0 Å². The third-order valence-corrected chi connectivity index (χ3v) is 4.38. The molecule has 2 rings (SSSR count). The lowest BCUT2D eigenvalue weighted by atomic mass is 9.82. The van der Waals surface area contributed by atoms with Crippen LogP contribution >= 0.6 is 11.6 Å². The number of benzene rings is 1. The first-order valence-electron chi connectivity index (χ1n) is 7.65. The molecule has 0 aromatic heterocycles. The predicted octanol–water partition coefficient (Wildman–Crippen LogP) is 2.72. The van der Waals surface area contributed by atoms with Gasteiger partial charge in [0.25, 0.3) is 0 Å². The maximum absolute atomic E-state index is 13.5. The Hall–Kier alpha value is -1.62. The summed E-state index contributed by atoms with van der Waals surface area (Å²) in [6.45, 7) is 3.90. The number of halogens is 2. The Morgan fingerprint density at radius 1 is 1.35 bits per heavy atom. The van der Waals surface area contributed by atoms with Crippen LogP contribution in [0.5, 0.6) is 0 Å². The average Bonchev–Trinajstić information content (AvgIpc) is 2.83. The third-order valence-electron chi connectivity index (χ3n) is 4.12. The minimum absolute atomic E-state index is 0.00130. The van der Waals surface area contributed by atoms with Gasteiger partial charge in [-0.15, -0.1) is 0 Å². The van der Waals surface area contributed by atoms with Crippen molar-refractivity contribution in [2.75, 3.05) is 6.54 Å². The molecule has 0 radical (unpaired) electrons. The molecule has 0 saturated carbocycles. The summed E-state index contributed by atoms with van der Waals surface area (Å²) in [5.74, 6) is -0.873. The molecule has 1 aromatic carbocycles. The zero-order chi connectivity index (χ0) is 17.2. The molecule has 1 aliphatic rings. The molecule has 6 heteroatoms. The van der Waals surface area contributed by atoms with Gasteiger partial charge in [0, 0.05) is 17.9 Å². The molecule has 0 spiro atoms. The zero-order valence-electron chi connectivity index (χ0n) is 13.4. The number of nitrogens with zero attached hydrogens (tertiary/aromatic N) is 1. The number of primary amides is 1. The maximum Gasteiger partial charge on any atom is 0.240 e. The fraction of sp³-hybridized carbons (Fsp3) is 0.529. The Kier molecular flexibility index (Phi) is 5.30. The van der Waals surface area contributed by atoms with E-state index in [-0.39, 0.29) is 30.7 Å². The highest BCUT2D eigenvalue weighted by Crippen LogP contribution is 2.30. The number of carbonyl (C=O) groups excluding carboxylic acids is 2. The van der Waals surface area contributed by atoms with Gasteiger partial charge >= 0.3 is 0 Å². The molecule has 0 unspecified atom stereocenters. The van der Waals surface area contributed by atoms with Crippen LogP contribution in [-0.4, -0.2) is 35.5 Å². The van der Waals surface area contributed by atoms with E-state index in [0.717, 1.165) is 5.56 Å². The highest BCUT2D eigenvalue weighted by Gasteiger charge is 2.40. The van der Waals surface area contributed by atoms with E-state index in [1.54, 1.807) is 0 Å². The summed E-state index contributed by atoms with van der Waals surface area (Å²) < 4.78 is 13.5. The van der Waals surface area contributed by atoms with Crippen LogP contribution in [-0.2, 0) is 16.0 Å². The largest absolute Gasteiger partial charge is 0.368 e. The summed E-state index contributed by atoms with van der Waals surface area (Å²) in [7, 11) is 0. The van der Waals surface area contributed by atoms with E-state index < -0.39 is 18.1 Å². The lowest BCUT2D eigenvalue weighted by molar-refractivity contribution is -0.139. The number of rotatable bonds is 5. The number of amides is 2. The molecule has 1 aromatic rings. The van der Waals surface area contributed by atoms with Gasteiger partial charge in [0.05, 0.1) is 6.54 Å². The van der Waals surface area contributed by atoms with Crippen LogP contribution in [0.25, 0.3) is 0 Å². The van der Waals surface area contributed by atoms with Crippen molar-refractivity contribution < 1.29 is 14.0 Å². The quantitative estimate of drug-likeness (QED) is 0.895. The molecular formula is C17H22ClFN2O2. The van der Waals surface area contributed by atoms with E-state index in [2.05, 4.69) is 0 Å². The topological polar surface area (TPSA) is 63.4 Å². The van der Waals surface area contributed by atoms with E-state index in [9.17, 15) is 14.0 Å². The normalized spacial score (nSPS) is 21.5. The van der Waals surface area contributed by atoms with Crippen molar-refractivity contribution in [3.05, 3.63) is 34.9 Å². The van der Waals surface area contributed by atoms with E-state index in [4.69, 9.17) is 17.3 Å². The van der Waals surface area contributed by atoms with Crippen LogP contribution in [0.4, 0.5) is 4.39 Å². The molecule has 23 heavy (non-hydrogen) atoms. The van der Waals surface area contributed by atoms with Gasteiger partial charge in [0.1, 0.15) is 12.2 Å². The van der Waals surface area contributed by atoms with E-state index in [0.29, 0.717) is 11.4 Å². The van der Waals surface area contributed by atoms with Crippen LogP contribution < -0.4 is 5.73 Å². The molecule has 2 N–H and O–H groups in total. The minimum atomic E-state index is -1.18. The Balaban J connectivity index is 2.02. The second-order valence-corrected chi connectivity index (χ2v) is 7.38. The first kappa shape index (κ1) is 17.7. The smallest absolute Gasteiger partial charge is 0.240 e. The summed E-state index contributed by atoms with van der Waals surface area (Å²) in [5.41, 5.74) is 6.03. The molecular weight excluding hydrogens is 319 g/mol. The number of nitrogens with two attached hydrogens (primary N) is 1. The summed E-state index contributed by atoms with van der Waals surface area (Å²) in [6.07, 6.45) is -0.273. The minimum Gasteiger partial charge on any atom is -0.368 e. The second kappa shape index (κ2) is 6.87. The van der Waals surface area contributed by atoms with Crippen molar-refractivity contribution in [3.63, 3.8) is 0 Å². The van der Waals surface area contributed by atoms with Crippen LogP contribution in [0.2, 0.25) is 5.02 Å². The monoisotopic (exact) mass is 340 g/mol. The van der Waals surface area contributed by atoms with Crippen LogP contribution in [0, 0.1) is 5.41 Å². The summed E-state index contributed by atoms with van der Waals surface area (Å²) in [4.78, 5) is 25.2. The third kappa shape index (κ3) is 4.67. The van der Waals surface area contributed by atoms with Gasteiger partial charge in [-0.2, -0.15) is 0 Å². The maximum atomic E-state index is 13.5. The molecule has 1 saturated heterocycles. The predicted molar refractivity (Wildman–Crippen MR) is 87.8 cm³/mol. The van der Waals surface area contributed by atoms with Gasteiger partial charge in [-0.1, -0.05) is 37.6 Å². The Morgan fingerprint density at radius 2 is 1.96 bits per heavy atom. The summed E-state index contributed by atoms with van der Waals surface area (Å²) >= 11 is 5.87. The molecule has 1 aliphatic heterocycles. The first-order valence-corrected chi connectivity index (χ1v) is 8.03. The van der Waals surface area contributed by atoms with Crippen molar-refractivity contribution in [3.8, 4) is 0 Å². The average molecular weight is 341 g/mol. The highest BCUT2D eigenvalue weighted by molar-refractivity contribution is 6.30. The Bertz CT molecular complexity index is 589. The molecule has 0 aliphatic carbocycles. The molecule has 1 fully saturated rings. The van der Waals surface area contributed by atoms with Crippen molar-refractivity contribution in [2.45, 2.75) is 45.3 Å². The lowest BCUT2D eigenvalue weighted by Crippen LogP contribution is -2.45. The molecule has 2 atom stereocenters. The van der Waals surface area contributed by atoms with Gasteiger partial charge in [-0.3, -0.25) is 9.59 Å². The van der Waals surface area contributed by atoms with Gasteiger partial charge in [0.2, 0.25) is 11.8 Å². The SMILES string of the molecule is CC(C)(CC(=O)N1C[C@H](F)C[C@H]1C(N)=O)Cc1ccc(Cl)cc1. The number of likely N-dealkylation sites (tertiary alicyclic amines) is 1. The van der Waals surface area contributed by atoms with Crippen LogP contribution in [0.3, 0.4) is 0 Å². The van der Waals surface area contributed by atoms with Crippen molar-refractivity contribution >= 4 is 23.4 Å². The molecule has 2 amide bonds. The fourth-order valence-corrected chi connectivity index (χ4v) is 3.18. The van der Waals surface area contributed by atoms with Gasteiger partial charge < -0.3 is 10.6 Å². The standard InChI is InChI=1S/C17H22ClFN2O2/c1-17(2,8-11-3-5-12(18)6-4-11)9-15(22)21-10-13(19)7-14(21)16(20)23/h3-6,13-14H,7-10H2,1-2H3,(H2,20,23)/t13-,14+/m1/s1.